The van der Waals surface area contributed by atoms with Crippen molar-refractivity contribution in [2.45, 2.75) is 89.9 Å². The predicted molar refractivity (Wildman–Crippen MR) is 125 cm³/mol. The minimum absolute atomic E-state index is 0.0614. The summed E-state index contributed by atoms with van der Waals surface area (Å²) in [4.78, 5) is 1.53. The lowest BCUT2D eigenvalue weighted by Gasteiger charge is -2.40. The van der Waals surface area contributed by atoms with Gasteiger partial charge in [-0.15, -0.1) is 0 Å². The molecule has 29 heavy (non-hydrogen) atoms. The number of hydrogen-bond donors (Lipinski definition) is 2. The molecule has 0 saturated heterocycles. The highest BCUT2D eigenvalue weighted by Crippen LogP contribution is 2.47. The van der Waals surface area contributed by atoms with Crippen molar-refractivity contribution in [2.24, 2.45) is 10.8 Å². The molecular formula is C26H38O2S. The van der Waals surface area contributed by atoms with Crippen LogP contribution in [0.25, 0.3) is 0 Å². The zero-order valence-electron chi connectivity index (χ0n) is 19.8. The third-order valence-electron chi connectivity index (χ3n) is 7.33. The van der Waals surface area contributed by atoms with E-state index in [0.717, 1.165) is 9.79 Å². The fourth-order valence-corrected chi connectivity index (χ4v) is 3.91. The molecule has 0 atom stereocenters. The Morgan fingerprint density at radius 2 is 0.862 bits per heavy atom. The Balaban J connectivity index is 2.50. The van der Waals surface area contributed by atoms with E-state index in [1.165, 1.54) is 22.9 Å². The normalized spacial score (nSPS) is 13.6. The van der Waals surface area contributed by atoms with Gasteiger partial charge < -0.3 is 10.2 Å². The molecule has 2 N–H and O–H groups in total. The Morgan fingerprint density at radius 3 is 1.14 bits per heavy atom. The summed E-state index contributed by atoms with van der Waals surface area (Å²) in [6.45, 7) is 22.3. The molecule has 2 rings (SSSR count). The maximum Gasteiger partial charge on any atom is 0.129 e. The van der Waals surface area contributed by atoms with E-state index in [2.05, 4.69) is 81.4 Å². The van der Waals surface area contributed by atoms with Gasteiger partial charge in [0.25, 0.3) is 0 Å². The molecule has 0 aliphatic heterocycles. The van der Waals surface area contributed by atoms with E-state index in [1.807, 2.05) is 12.1 Å². The van der Waals surface area contributed by atoms with Gasteiger partial charge in [0.05, 0.1) is 9.79 Å². The van der Waals surface area contributed by atoms with E-state index < -0.39 is 0 Å². The molecule has 0 heterocycles. The van der Waals surface area contributed by atoms with E-state index in [1.54, 1.807) is 12.1 Å². The molecule has 0 radical (unpaired) electrons. The van der Waals surface area contributed by atoms with Crippen molar-refractivity contribution in [2.75, 3.05) is 0 Å². The van der Waals surface area contributed by atoms with Gasteiger partial charge in [-0.25, -0.2) is 0 Å². The lowest BCUT2D eigenvalue weighted by atomic mass is 9.65. The predicted octanol–water partition coefficient (Wildman–Crippen LogP) is 7.90. The molecule has 2 aromatic carbocycles. The second-order valence-corrected chi connectivity index (χ2v) is 12.3. The van der Waals surface area contributed by atoms with Crippen LogP contribution in [-0.4, -0.2) is 10.2 Å². The molecule has 0 aliphatic rings. The number of hydrogen-bond acceptors (Lipinski definition) is 3. The van der Waals surface area contributed by atoms with Crippen LogP contribution in [0, 0.1) is 10.8 Å². The monoisotopic (exact) mass is 414 g/mol. The van der Waals surface area contributed by atoms with Crippen molar-refractivity contribution in [3.63, 3.8) is 0 Å². The lowest BCUT2D eigenvalue weighted by molar-refractivity contribution is 0.225. The van der Waals surface area contributed by atoms with Crippen LogP contribution in [0.1, 0.15) is 80.4 Å². The first-order chi connectivity index (χ1) is 13.0. The molecule has 0 bridgehead atoms. The van der Waals surface area contributed by atoms with E-state index >= 15 is 0 Å². The summed E-state index contributed by atoms with van der Waals surface area (Å²) in [6.07, 6.45) is 0. The van der Waals surface area contributed by atoms with Gasteiger partial charge in [0.2, 0.25) is 0 Å². The Morgan fingerprint density at radius 1 is 0.552 bits per heavy atom. The third-order valence-corrected chi connectivity index (χ3v) is 8.43. The van der Waals surface area contributed by atoms with Gasteiger partial charge in [0, 0.05) is 0 Å². The summed E-state index contributed by atoms with van der Waals surface area (Å²) in [7, 11) is 0. The van der Waals surface area contributed by atoms with Crippen molar-refractivity contribution in [1.82, 2.24) is 0 Å². The average Bonchev–Trinajstić information content (AvgIpc) is 2.56. The van der Waals surface area contributed by atoms with Crippen molar-refractivity contribution in [1.29, 1.82) is 0 Å². The fraction of sp³-hybridized carbons (Fsp3) is 0.538. The molecular weight excluding hydrogens is 376 g/mol. The van der Waals surface area contributed by atoms with Crippen molar-refractivity contribution in [3.8, 4) is 11.5 Å². The summed E-state index contributed by atoms with van der Waals surface area (Å²) < 4.78 is 0. The second kappa shape index (κ2) is 7.58. The van der Waals surface area contributed by atoms with Gasteiger partial charge in [-0.05, 0) is 57.1 Å². The average molecular weight is 415 g/mol. The van der Waals surface area contributed by atoms with E-state index in [-0.39, 0.29) is 33.2 Å². The first kappa shape index (κ1) is 23.7. The summed E-state index contributed by atoms with van der Waals surface area (Å²) in [5, 5.41) is 21.0. The maximum atomic E-state index is 10.5. The molecule has 0 amide bonds. The highest BCUT2D eigenvalue weighted by Gasteiger charge is 2.36. The largest absolute Gasteiger partial charge is 0.507 e. The SMILES string of the molecule is CC(C)(C)C(C)(C)c1ccc(O)c(Sc2cc(C(C)(C)C(C)(C)C)ccc2O)c1. The topological polar surface area (TPSA) is 40.5 Å². The number of benzene rings is 2. The van der Waals surface area contributed by atoms with Crippen molar-refractivity contribution in [3.05, 3.63) is 47.5 Å². The highest BCUT2D eigenvalue weighted by molar-refractivity contribution is 7.99. The summed E-state index contributed by atoms with van der Waals surface area (Å²) >= 11 is 1.42. The second-order valence-electron chi connectivity index (χ2n) is 11.2. The number of rotatable bonds is 4. The Labute approximate surface area is 181 Å². The zero-order valence-corrected chi connectivity index (χ0v) is 20.6. The first-order valence-corrected chi connectivity index (χ1v) is 11.1. The van der Waals surface area contributed by atoms with Crippen LogP contribution in [0.2, 0.25) is 0 Å². The molecule has 160 valence electrons. The molecule has 0 aliphatic carbocycles. The number of aromatic hydroxyl groups is 2. The van der Waals surface area contributed by atoms with Crippen LogP contribution in [0.15, 0.2) is 46.2 Å². The molecule has 0 fully saturated rings. The summed E-state index contributed by atoms with van der Waals surface area (Å²) in [5.74, 6) is 0.478. The van der Waals surface area contributed by atoms with Gasteiger partial charge in [-0.2, -0.15) is 0 Å². The Kier molecular flexibility index (Phi) is 6.18. The lowest BCUT2D eigenvalue weighted by Crippen LogP contribution is -2.34. The van der Waals surface area contributed by atoms with Crippen LogP contribution >= 0.6 is 11.8 Å². The Hall–Kier alpha value is -1.61. The molecule has 0 unspecified atom stereocenters. The van der Waals surface area contributed by atoms with Crippen LogP contribution in [0.3, 0.4) is 0 Å². The zero-order chi connectivity index (χ0) is 22.4. The van der Waals surface area contributed by atoms with Gasteiger partial charge >= 0.3 is 0 Å². The standard InChI is InChI=1S/C26H38O2S/c1-23(2,3)25(7,8)17-11-13-19(27)21(15-17)29-22-16-18(12-14-20(22)28)26(9,10)24(4,5)6/h11-16,27-28H,1-10H3. The number of phenols is 2. The summed E-state index contributed by atoms with van der Waals surface area (Å²) in [5.41, 5.74) is 2.38. The minimum atomic E-state index is -0.0614. The van der Waals surface area contributed by atoms with Gasteiger partial charge in [0.15, 0.2) is 0 Å². The quantitative estimate of drug-likeness (QED) is 0.534. The van der Waals surface area contributed by atoms with Gasteiger partial charge in [0.1, 0.15) is 11.5 Å². The van der Waals surface area contributed by atoms with Gasteiger partial charge in [-0.3, -0.25) is 0 Å². The molecule has 0 aromatic heterocycles. The fourth-order valence-electron chi connectivity index (χ4n) is 2.95. The van der Waals surface area contributed by atoms with E-state index in [9.17, 15) is 10.2 Å². The summed E-state index contributed by atoms with van der Waals surface area (Å²) in [6, 6.07) is 11.7. The molecule has 2 aromatic rings. The van der Waals surface area contributed by atoms with Crippen molar-refractivity contribution < 1.29 is 10.2 Å². The van der Waals surface area contributed by atoms with Gasteiger partial charge in [-0.1, -0.05) is 93.1 Å². The molecule has 2 nitrogen and oxygen atoms in total. The molecule has 3 heteroatoms. The third kappa shape index (κ3) is 4.60. The minimum Gasteiger partial charge on any atom is -0.507 e. The maximum absolute atomic E-state index is 10.5. The Bertz CT molecular complexity index is 807. The van der Waals surface area contributed by atoms with Crippen LogP contribution in [0.5, 0.6) is 11.5 Å². The smallest absolute Gasteiger partial charge is 0.129 e. The van der Waals surface area contributed by atoms with Crippen LogP contribution < -0.4 is 0 Å². The van der Waals surface area contributed by atoms with Crippen LogP contribution in [-0.2, 0) is 10.8 Å². The van der Waals surface area contributed by atoms with Crippen molar-refractivity contribution >= 4 is 11.8 Å². The highest BCUT2D eigenvalue weighted by atomic mass is 32.2. The molecule has 0 spiro atoms. The van der Waals surface area contributed by atoms with E-state index in [4.69, 9.17) is 0 Å². The van der Waals surface area contributed by atoms with Crippen LogP contribution in [0.4, 0.5) is 0 Å². The van der Waals surface area contributed by atoms with E-state index in [0.29, 0.717) is 0 Å². The number of phenolic OH excluding ortho intramolecular Hbond substituents is 2. The molecule has 0 saturated carbocycles. The first-order valence-electron chi connectivity index (χ1n) is 10.3.